The minimum Gasteiger partial charge on any atom is -0.389 e. The van der Waals surface area contributed by atoms with E-state index in [1.165, 1.54) is 0 Å². The van der Waals surface area contributed by atoms with E-state index >= 15 is 0 Å². The van der Waals surface area contributed by atoms with Crippen molar-refractivity contribution in [2.45, 2.75) is 18.2 Å². The number of hydrogen-bond acceptors (Lipinski definition) is 4. The highest BCUT2D eigenvalue weighted by Crippen LogP contribution is 2.26. The van der Waals surface area contributed by atoms with Crippen LogP contribution < -0.4 is 5.32 Å². The number of aryl methyl sites for hydroxylation is 1. The first-order valence-electron chi connectivity index (χ1n) is 5.69. The molecular formula is C12H15N3O2. The van der Waals surface area contributed by atoms with Crippen LogP contribution in [0.5, 0.6) is 0 Å². The maximum absolute atomic E-state index is 9.89. The van der Waals surface area contributed by atoms with E-state index in [-0.39, 0.29) is 6.04 Å². The smallest absolute Gasteiger partial charge is 0.129 e. The number of nitrogens with one attached hydrogen (secondary N) is 1. The maximum Gasteiger partial charge on any atom is 0.129 e. The van der Waals surface area contributed by atoms with Gasteiger partial charge in [0.1, 0.15) is 11.9 Å². The van der Waals surface area contributed by atoms with E-state index in [4.69, 9.17) is 0 Å². The quantitative estimate of drug-likeness (QED) is 0.645. The van der Waals surface area contributed by atoms with Crippen LogP contribution in [-0.2, 0) is 7.05 Å². The Labute approximate surface area is 98.7 Å². The Balaban J connectivity index is 2.09. The molecule has 0 radical (unpaired) electrons. The van der Waals surface area contributed by atoms with Crippen molar-refractivity contribution in [3.63, 3.8) is 0 Å². The second-order valence-corrected chi connectivity index (χ2v) is 4.46. The number of aromatic nitrogens is 2. The van der Waals surface area contributed by atoms with Gasteiger partial charge in [0, 0.05) is 13.6 Å². The van der Waals surface area contributed by atoms with Gasteiger partial charge in [-0.25, -0.2) is 4.98 Å². The molecule has 1 saturated heterocycles. The third kappa shape index (κ3) is 1.55. The molecule has 0 aliphatic carbocycles. The van der Waals surface area contributed by atoms with Gasteiger partial charge >= 0.3 is 0 Å². The van der Waals surface area contributed by atoms with Crippen molar-refractivity contribution in [1.29, 1.82) is 0 Å². The minimum absolute atomic E-state index is 0.303. The zero-order chi connectivity index (χ0) is 12.0. The van der Waals surface area contributed by atoms with Crippen molar-refractivity contribution < 1.29 is 10.2 Å². The van der Waals surface area contributed by atoms with Crippen LogP contribution in [0.15, 0.2) is 24.3 Å². The summed E-state index contributed by atoms with van der Waals surface area (Å²) in [4.78, 5) is 4.51. The van der Waals surface area contributed by atoms with Crippen LogP contribution in [0.2, 0.25) is 0 Å². The number of imidazole rings is 1. The van der Waals surface area contributed by atoms with Crippen molar-refractivity contribution in [2.75, 3.05) is 6.54 Å². The summed E-state index contributed by atoms with van der Waals surface area (Å²) in [6, 6.07) is 7.52. The highest BCUT2D eigenvalue weighted by Gasteiger charge is 2.36. The van der Waals surface area contributed by atoms with Crippen LogP contribution >= 0.6 is 0 Å². The number of para-hydroxylation sites is 2. The topological polar surface area (TPSA) is 70.3 Å². The normalized spacial score (nSPS) is 29.0. The van der Waals surface area contributed by atoms with Crippen molar-refractivity contribution in [3.8, 4) is 0 Å². The Hall–Kier alpha value is -1.43. The molecule has 1 fully saturated rings. The number of nitrogens with zero attached hydrogens (tertiary/aromatic N) is 2. The Morgan fingerprint density at radius 3 is 2.76 bits per heavy atom. The van der Waals surface area contributed by atoms with Gasteiger partial charge in [-0.15, -0.1) is 0 Å². The summed E-state index contributed by atoms with van der Waals surface area (Å²) in [7, 11) is 1.92. The molecule has 0 spiro atoms. The molecule has 1 aromatic heterocycles. The van der Waals surface area contributed by atoms with Gasteiger partial charge in [-0.1, -0.05) is 12.1 Å². The Kier molecular flexibility index (Phi) is 2.39. The number of fused-ring (bicyclic) bond motifs is 1. The van der Waals surface area contributed by atoms with E-state index in [9.17, 15) is 10.2 Å². The molecule has 17 heavy (non-hydrogen) atoms. The van der Waals surface area contributed by atoms with Crippen LogP contribution in [0.3, 0.4) is 0 Å². The summed E-state index contributed by atoms with van der Waals surface area (Å²) in [5.41, 5.74) is 1.93. The molecule has 5 heteroatoms. The Bertz CT molecular complexity index is 552. The summed E-state index contributed by atoms with van der Waals surface area (Å²) in [5, 5.41) is 22.5. The Morgan fingerprint density at radius 1 is 1.35 bits per heavy atom. The number of aliphatic hydroxyl groups is 2. The molecule has 3 N–H and O–H groups in total. The van der Waals surface area contributed by atoms with E-state index in [0.29, 0.717) is 6.54 Å². The lowest BCUT2D eigenvalue weighted by atomic mass is 10.1. The largest absolute Gasteiger partial charge is 0.389 e. The maximum atomic E-state index is 9.89. The SMILES string of the molecule is Cn1c([C@H]2NC[C@@H](O)[C@@H]2O)nc2ccccc21. The standard InChI is InChI=1S/C12H15N3O2/c1-15-8-5-3-2-4-7(8)14-12(15)10-11(17)9(16)6-13-10/h2-5,9-11,13,16-17H,6H2,1H3/t9-,10+,11+/m1/s1. The molecule has 1 aliphatic rings. The summed E-state index contributed by atoms with van der Waals surface area (Å²) >= 11 is 0. The molecule has 0 bridgehead atoms. The lowest BCUT2D eigenvalue weighted by Crippen LogP contribution is -2.27. The molecule has 3 rings (SSSR count). The molecular weight excluding hydrogens is 218 g/mol. The van der Waals surface area contributed by atoms with E-state index in [1.807, 2.05) is 35.9 Å². The van der Waals surface area contributed by atoms with Crippen LogP contribution in [0.1, 0.15) is 11.9 Å². The van der Waals surface area contributed by atoms with Gasteiger partial charge in [-0.2, -0.15) is 0 Å². The second kappa shape index (κ2) is 3.80. The van der Waals surface area contributed by atoms with E-state index < -0.39 is 12.2 Å². The lowest BCUT2D eigenvalue weighted by molar-refractivity contribution is 0.0387. The van der Waals surface area contributed by atoms with Crippen LogP contribution in [0.25, 0.3) is 11.0 Å². The zero-order valence-electron chi connectivity index (χ0n) is 9.54. The van der Waals surface area contributed by atoms with Crippen molar-refractivity contribution in [2.24, 2.45) is 7.05 Å². The van der Waals surface area contributed by atoms with Crippen molar-refractivity contribution in [3.05, 3.63) is 30.1 Å². The fraction of sp³-hybridized carbons (Fsp3) is 0.417. The summed E-state index contributed by atoms with van der Waals surface area (Å²) in [6.45, 7) is 0.398. The highest BCUT2D eigenvalue weighted by molar-refractivity contribution is 5.75. The van der Waals surface area contributed by atoms with Gasteiger partial charge in [-0.3, -0.25) is 0 Å². The predicted molar refractivity (Wildman–Crippen MR) is 63.5 cm³/mol. The molecule has 3 atom stereocenters. The van der Waals surface area contributed by atoms with Crippen LogP contribution in [0.4, 0.5) is 0 Å². The van der Waals surface area contributed by atoms with E-state index in [0.717, 1.165) is 16.9 Å². The zero-order valence-corrected chi connectivity index (χ0v) is 9.54. The molecule has 2 heterocycles. The highest BCUT2D eigenvalue weighted by atomic mass is 16.3. The first-order valence-corrected chi connectivity index (χ1v) is 5.69. The molecule has 1 aliphatic heterocycles. The van der Waals surface area contributed by atoms with E-state index in [2.05, 4.69) is 10.3 Å². The van der Waals surface area contributed by atoms with Crippen LogP contribution in [0, 0.1) is 0 Å². The molecule has 0 amide bonds. The van der Waals surface area contributed by atoms with Gasteiger partial charge in [-0.05, 0) is 12.1 Å². The molecule has 5 nitrogen and oxygen atoms in total. The molecule has 0 unspecified atom stereocenters. The minimum atomic E-state index is -0.800. The van der Waals surface area contributed by atoms with Gasteiger partial charge in [0.25, 0.3) is 0 Å². The number of aliphatic hydroxyl groups excluding tert-OH is 2. The van der Waals surface area contributed by atoms with Gasteiger partial charge in [0.05, 0.1) is 23.2 Å². The monoisotopic (exact) mass is 233 g/mol. The number of hydrogen-bond donors (Lipinski definition) is 3. The first-order chi connectivity index (χ1) is 8.18. The molecule has 2 aromatic rings. The predicted octanol–water partition coefficient (Wildman–Crippen LogP) is -0.0606. The summed E-state index contributed by atoms with van der Waals surface area (Å²) in [6.07, 6.45) is -1.52. The lowest BCUT2D eigenvalue weighted by Gasteiger charge is -2.15. The summed E-state index contributed by atoms with van der Waals surface area (Å²) in [5.74, 6) is 0.759. The fourth-order valence-electron chi connectivity index (χ4n) is 2.40. The number of β-amino-alcohol motifs (C(OH)–C–C–N with tert-alkyl or cyclic N) is 1. The van der Waals surface area contributed by atoms with Gasteiger partial charge < -0.3 is 20.1 Å². The van der Waals surface area contributed by atoms with E-state index in [1.54, 1.807) is 0 Å². The second-order valence-electron chi connectivity index (χ2n) is 4.46. The fourth-order valence-corrected chi connectivity index (χ4v) is 2.40. The number of benzene rings is 1. The third-order valence-corrected chi connectivity index (χ3v) is 3.38. The number of rotatable bonds is 1. The van der Waals surface area contributed by atoms with Gasteiger partial charge in [0.15, 0.2) is 0 Å². The molecule has 0 saturated carbocycles. The van der Waals surface area contributed by atoms with Crippen molar-refractivity contribution in [1.82, 2.24) is 14.9 Å². The van der Waals surface area contributed by atoms with Gasteiger partial charge in [0.2, 0.25) is 0 Å². The van der Waals surface area contributed by atoms with Crippen molar-refractivity contribution >= 4 is 11.0 Å². The van der Waals surface area contributed by atoms with Crippen LogP contribution in [-0.4, -0.2) is 38.5 Å². The third-order valence-electron chi connectivity index (χ3n) is 3.38. The summed E-state index contributed by atoms with van der Waals surface area (Å²) < 4.78 is 1.95. The Morgan fingerprint density at radius 2 is 2.12 bits per heavy atom. The first kappa shape index (κ1) is 10.7. The molecule has 1 aromatic carbocycles. The molecule has 90 valence electrons. The average molecular weight is 233 g/mol. The average Bonchev–Trinajstić information content (AvgIpc) is 2.83.